The number of sulfonamides is 1. The molecule has 0 bridgehead atoms. The van der Waals surface area contributed by atoms with E-state index in [4.69, 9.17) is 17.3 Å². The number of rotatable bonds is 2. The van der Waals surface area contributed by atoms with Crippen LogP contribution in [0, 0.1) is 6.92 Å². The van der Waals surface area contributed by atoms with Gasteiger partial charge in [-0.2, -0.15) is 4.31 Å². The van der Waals surface area contributed by atoms with E-state index < -0.39 is 10.0 Å². The van der Waals surface area contributed by atoms with Crippen LogP contribution < -0.4 is 5.73 Å². The van der Waals surface area contributed by atoms with Gasteiger partial charge in [0.25, 0.3) is 0 Å². The Morgan fingerprint density at radius 3 is 2.74 bits per heavy atom. The molecular formula is C13H19ClN2O2S. The zero-order valence-electron chi connectivity index (χ0n) is 11.1. The third kappa shape index (κ3) is 2.94. The Bertz CT molecular complexity index is 574. The minimum Gasteiger partial charge on any atom is -0.328 e. The lowest BCUT2D eigenvalue weighted by atomic mass is 10.0. The van der Waals surface area contributed by atoms with Crippen LogP contribution in [0.5, 0.6) is 0 Å². The van der Waals surface area contributed by atoms with Gasteiger partial charge in [0, 0.05) is 23.7 Å². The van der Waals surface area contributed by atoms with Crippen LogP contribution in [0.1, 0.15) is 25.3 Å². The van der Waals surface area contributed by atoms with Crippen molar-refractivity contribution < 1.29 is 8.42 Å². The minimum absolute atomic E-state index is 0.0767. The highest BCUT2D eigenvalue weighted by Gasteiger charge is 2.34. The van der Waals surface area contributed by atoms with Crippen molar-refractivity contribution in [3.05, 3.63) is 28.8 Å². The van der Waals surface area contributed by atoms with E-state index >= 15 is 0 Å². The molecule has 2 N–H and O–H groups in total. The van der Waals surface area contributed by atoms with Gasteiger partial charge in [-0.25, -0.2) is 8.42 Å². The highest BCUT2D eigenvalue weighted by Crippen LogP contribution is 2.28. The number of hydrogen-bond donors (Lipinski definition) is 1. The van der Waals surface area contributed by atoms with Crippen molar-refractivity contribution in [2.45, 2.75) is 43.7 Å². The predicted molar refractivity (Wildman–Crippen MR) is 76.8 cm³/mol. The molecule has 19 heavy (non-hydrogen) atoms. The summed E-state index contributed by atoms with van der Waals surface area (Å²) < 4.78 is 26.9. The van der Waals surface area contributed by atoms with Gasteiger partial charge in [0.2, 0.25) is 10.0 Å². The molecule has 1 aromatic rings. The number of benzene rings is 1. The highest BCUT2D eigenvalue weighted by molar-refractivity contribution is 7.89. The third-order valence-corrected chi connectivity index (χ3v) is 5.98. The van der Waals surface area contributed by atoms with Crippen molar-refractivity contribution in [3.8, 4) is 0 Å². The molecule has 2 rings (SSSR count). The van der Waals surface area contributed by atoms with Crippen LogP contribution >= 0.6 is 11.6 Å². The van der Waals surface area contributed by atoms with E-state index in [2.05, 4.69) is 0 Å². The Morgan fingerprint density at radius 2 is 2.11 bits per heavy atom. The van der Waals surface area contributed by atoms with E-state index in [1.54, 1.807) is 19.1 Å². The minimum atomic E-state index is -3.49. The molecule has 0 saturated carbocycles. The molecule has 6 heteroatoms. The Labute approximate surface area is 119 Å². The first kappa shape index (κ1) is 14.8. The van der Waals surface area contributed by atoms with Crippen LogP contribution in [0.2, 0.25) is 5.02 Å². The molecule has 1 fully saturated rings. The fourth-order valence-corrected chi connectivity index (χ4v) is 4.67. The maximum Gasteiger partial charge on any atom is 0.243 e. The lowest BCUT2D eigenvalue weighted by Gasteiger charge is -2.35. The number of halogens is 1. The average Bonchev–Trinajstić information content (AvgIpc) is 2.31. The van der Waals surface area contributed by atoms with Crippen molar-refractivity contribution >= 4 is 21.6 Å². The van der Waals surface area contributed by atoms with E-state index in [-0.39, 0.29) is 12.1 Å². The molecule has 1 aromatic carbocycles. The molecule has 1 aliphatic rings. The molecule has 0 aromatic heterocycles. The number of hydrogen-bond acceptors (Lipinski definition) is 3. The van der Waals surface area contributed by atoms with Crippen molar-refractivity contribution in [1.82, 2.24) is 4.31 Å². The summed E-state index contributed by atoms with van der Waals surface area (Å²) in [7, 11) is -3.49. The van der Waals surface area contributed by atoms with Crippen molar-refractivity contribution in [3.63, 3.8) is 0 Å². The topological polar surface area (TPSA) is 63.4 Å². The monoisotopic (exact) mass is 302 g/mol. The Morgan fingerprint density at radius 1 is 1.42 bits per heavy atom. The zero-order valence-corrected chi connectivity index (χ0v) is 12.7. The molecule has 0 radical (unpaired) electrons. The third-order valence-electron chi connectivity index (χ3n) is 3.59. The highest BCUT2D eigenvalue weighted by atomic mass is 35.5. The Hall–Kier alpha value is -0.620. The predicted octanol–water partition coefficient (Wildman–Crippen LogP) is 2.15. The summed E-state index contributed by atoms with van der Waals surface area (Å²) in [6, 6.07) is 4.96. The normalized spacial score (nSPS) is 25.5. The molecular weight excluding hydrogens is 284 g/mol. The Balaban J connectivity index is 2.39. The van der Waals surface area contributed by atoms with Crippen LogP contribution in [0.3, 0.4) is 0 Å². The first-order valence-electron chi connectivity index (χ1n) is 6.36. The lowest BCUT2D eigenvalue weighted by Crippen LogP contribution is -2.48. The van der Waals surface area contributed by atoms with Gasteiger partial charge in [-0.1, -0.05) is 17.7 Å². The molecule has 106 valence electrons. The molecule has 4 nitrogen and oxygen atoms in total. The zero-order chi connectivity index (χ0) is 14.2. The van der Waals surface area contributed by atoms with E-state index in [1.807, 2.05) is 6.92 Å². The van der Waals surface area contributed by atoms with E-state index in [1.165, 1.54) is 10.4 Å². The van der Waals surface area contributed by atoms with Gasteiger partial charge in [-0.3, -0.25) is 0 Å². The van der Waals surface area contributed by atoms with Crippen LogP contribution in [0.25, 0.3) is 0 Å². The second kappa shape index (κ2) is 5.40. The molecule has 1 aliphatic heterocycles. The van der Waals surface area contributed by atoms with Crippen molar-refractivity contribution in [2.24, 2.45) is 5.73 Å². The lowest BCUT2D eigenvalue weighted by molar-refractivity contribution is 0.247. The average molecular weight is 303 g/mol. The SMILES string of the molecule is Cc1ccc(Cl)cc1S(=O)(=O)N1CC[C@@H](N)C[C@H]1C. The molecule has 0 spiro atoms. The maximum atomic E-state index is 12.7. The number of aryl methyl sites for hydroxylation is 1. The fraction of sp³-hybridized carbons (Fsp3) is 0.538. The fourth-order valence-electron chi connectivity index (χ4n) is 2.52. The first-order chi connectivity index (χ1) is 8.82. The van der Waals surface area contributed by atoms with E-state index in [9.17, 15) is 8.42 Å². The number of piperidine rings is 1. The quantitative estimate of drug-likeness (QED) is 0.910. The van der Waals surface area contributed by atoms with Crippen LogP contribution in [0.15, 0.2) is 23.1 Å². The summed E-state index contributed by atoms with van der Waals surface area (Å²) >= 11 is 5.92. The van der Waals surface area contributed by atoms with E-state index in [0.29, 0.717) is 34.9 Å². The van der Waals surface area contributed by atoms with Gasteiger partial charge in [-0.05, 0) is 44.4 Å². The smallest absolute Gasteiger partial charge is 0.243 e. The molecule has 0 unspecified atom stereocenters. The summed E-state index contributed by atoms with van der Waals surface area (Å²) in [4.78, 5) is 0.294. The molecule has 2 atom stereocenters. The summed E-state index contributed by atoms with van der Waals surface area (Å²) in [6.07, 6.45) is 1.39. The van der Waals surface area contributed by atoms with Gasteiger partial charge in [-0.15, -0.1) is 0 Å². The standard InChI is InChI=1S/C13H19ClN2O2S/c1-9-3-4-11(14)8-13(9)19(17,18)16-6-5-12(15)7-10(16)2/h3-4,8,10,12H,5-7,15H2,1-2H3/t10-,12-/m1/s1. The molecule has 0 aliphatic carbocycles. The van der Waals surface area contributed by atoms with Gasteiger partial charge in [0.15, 0.2) is 0 Å². The molecule has 0 amide bonds. The molecule has 1 saturated heterocycles. The largest absolute Gasteiger partial charge is 0.328 e. The second-order valence-corrected chi connectivity index (χ2v) is 7.45. The van der Waals surface area contributed by atoms with E-state index in [0.717, 1.165) is 0 Å². The van der Waals surface area contributed by atoms with Gasteiger partial charge in [0.05, 0.1) is 4.90 Å². The van der Waals surface area contributed by atoms with Crippen molar-refractivity contribution in [1.29, 1.82) is 0 Å². The van der Waals surface area contributed by atoms with Gasteiger partial charge in [0.1, 0.15) is 0 Å². The summed E-state index contributed by atoms with van der Waals surface area (Å²) in [5.74, 6) is 0. The van der Waals surface area contributed by atoms with Crippen molar-refractivity contribution in [2.75, 3.05) is 6.54 Å². The molecule has 1 heterocycles. The van der Waals surface area contributed by atoms with Gasteiger partial charge < -0.3 is 5.73 Å². The number of nitrogens with zero attached hydrogens (tertiary/aromatic N) is 1. The summed E-state index contributed by atoms with van der Waals surface area (Å²) in [5.41, 5.74) is 6.60. The maximum absolute atomic E-state index is 12.7. The summed E-state index contributed by atoms with van der Waals surface area (Å²) in [6.45, 7) is 4.15. The summed E-state index contributed by atoms with van der Waals surface area (Å²) in [5, 5.41) is 0.436. The van der Waals surface area contributed by atoms with Gasteiger partial charge >= 0.3 is 0 Å². The first-order valence-corrected chi connectivity index (χ1v) is 8.17. The second-order valence-electron chi connectivity index (χ2n) is 5.16. The van der Waals surface area contributed by atoms with Crippen LogP contribution in [-0.4, -0.2) is 31.4 Å². The van der Waals surface area contributed by atoms with Crippen LogP contribution in [-0.2, 0) is 10.0 Å². The van der Waals surface area contributed by atoms with Crippen LogP contribution in [0.4, 0.5) is 0 Å². The Kier molecular flexibility index (Phi) is 4.20. The number of nitrogens with two attached hydrogens (primary N) is 1.